The zero-order valence-corrected chi connectivity index (χ0v) is 28.5. The lowest BCUT2D eigenvalue weighted by molar-refractivity contribution is -0.665. The molecule has 7 aliphatic rings. The van der Waals surface area contributed by atoms with Crippen molar-refractivity contribution in [1.29, 1.82) is 0 Å². The molecule has 254 valence electrons. The molecule has 7 rings (SSSR count). The number of carbonyl (C=O) groups excluding carboxylic acids is 2. The molecule has 8 nitrogen and oxygen atoms in total. The van der Waals surface area contributed by atoms with E-state index in [0.717, 1.165) is 90.1 Å². The summed E-state index contributed by atoms with van der Waals surface area (Å²) in [5, 5.41) is 0. The number of hydrogen-bond donors (Lipinski definition) is 0. The first-order valence-electron chi connectivity index (χ1n) is 18.8. The summed E-state index contributed by atoms with van der Waals surface area (Å²) in [6.45, 7) is 10.8. The lowest BCUT2D eigenvalue weighted by Gasteiger charge is -2.63. The van der Waals surface area contributed by atoms with Crippen LogP contribution in [-0.4, -0.2) is 47.5 Å². The lowest BCUT2D eigenvalue weighted by atomic mass is 9.43. The highest BCUT2D eigenvalue weighted by Crippen LogP contribution is 2.70. The van der Waals surface area contributed by atoms with Crippen LogP contribution in [0.3, 0.4) is 0 Å². The van der Waals surface area contributed by atoms with Crippen LogP contribution < -0.4 is 0 Å². The minimum Gasteiger partial charge on any atom is -0.462 e. The van der Waals surface area contributed by atoms with Crippen molar-refractivity contribution in [3.05, 3.63) is 0 Å². The first-order chi connectivity index (χ1) is 21.6. The number of fused-ring (bicyclic) bond motifs is 5. The van der Waals surface area contributed by atoms with Gasteiger partial charge in [0, 0.05) is 57.5 Å². The minimum atomic E-state index is -0.822. The molecule has 9 atom stereocenters. The molecule has 0 aromatic carbocycles. The SMILES string of the molecule is CC(=O)O[C@H]1C[C@H]2[C@@H](CC[C@@H]3CC4(CC[C@@]32C)OOC2(CCCCC2)OO4)[C@@H]2CC[C@H]([C@H](C)CCC(=O)N3CCCCC3)[C@@]12C. The van der Waals surface area contributed by atoms with E-state index in [1.54, 1.807) is 6.92 Å². The van der Waals surface area contributed by atoms with Crippen LogP contribution in [0.25, 0.3) is 0 Å². The monoisotopic (exact) mass is 629 g/mol. The van der Waals surface area contributed by atoms with E-state index in [-0.39, 0.29) is 22.9 Å². The zero-order chi connectivity index (χ0) is 31.5. The maximum absolute atomic E-state index is 13.1. The molecule has 2 saturated heterocycles. The highest BCUT2D eigenvalue weighted by Gasteiger charge is 2.67. The number of ether oxygens (including phenoxy) is 1. The number of piperidine rings is 1. The molecular weight excluding hydrogens is 570 g/mol. The van der Waals surface area contributed by atoms with Gasteiger partial charge >= 0.3 is 5.97 Å². The Morgan fingerprint density at radius 1 is 0.822 bits per heavy atom. The Bertz CT molecular complexity index is 1090. The third kappa shape index (κ3) is 5.69. The van der Waals surface area contributed by atoms with Crippen molar-refractivity contribution in [2.75, 3.05) is 13.1 Å². The Hall–Kier alpha value is -1.22. The second-order valence-electron chi connectivity index (χ2n) is 16.9. The minimum absolute atomic E-state index is 0.0505. The third-order valence-corrected chi connectivity index (χ3v) is 14.6. The van der Waals surface area contributed by atoms with Crippen molar-refractivity contribution in [1.82, 2.24) is 4.90 Å². The quantitative estimate of drug-likeness (QED) is 0.226. The number of esters is 1. The largest absolute Gasteiger partial charge is 0.462 e. The van der Waals surface area contributed by atoms with E-state index in [2.05, 4.69) is 25.7 Å². The Kier molecular flexibility index (Phi) is 8.87. The molecule has 2 aliphatic heterocycles. The zero-order valence-electron chi connectivity index (χ0n) is 28.5. The van der Waals surface area contributed by atoms with Gasteiger partial charge < -0.3 is 9.64 Å². The summed E-state index contributed by atoms with van der Waals surface area (Å²) in [6, 6.07) is 0. The lowest BCUT2D eigenvalue weighted by Crippen LogP contribution is -2.62. The van der Waals surface area contributed by atoms with Crippen molar-refractivity contribution < 1.29 is 33.9 Å². The Morgan fingerprint density at radius 3 is 2.22 bits per heavy atom. The van der Waals surface area contributed by atoms with E-state index in [1.165, 1.54) is 32.1 Å². The predicted octanol–water partition coefficient (Wildman–Crippen LogP) is 7.88. The van der Waals surface area contributed by atoms with E-state index in [1.807, 2.05) is 0 Å². The van der Waals surface area contributed by atoms with Gasteiger partial charge in [-0.25, -0.2) is 0 Å². The molecule has 1 amide bonds. The fraction of sp³-hybridized carbons (Fsp3) is 0.946. The number of nitrogens with zero attached hydrogens (tertiary/aromatic N) is 1. The van der Waals surface area contributed by atoms with Gasteiger partial charge in [0.2, 0.25) is 17.5 Å². The van der Waals surface area contributed by atoms with Gasteiger partial charge in [0.25, 0.3) is 0 Å². The van der Waals surface area contributed by atoms with E-state index >= 15 is 0 Å². The van der Waals surface area contributed by atoms with Crippen LogP contribution in [0.5, 0.6) is 0 Å². The van der Waals surface area contributed by atoms with Gasteiger partial charge in [-0.3, -0.25) is 9.59 Å². The average Bonchev–Trinajstić information content (AvgIpc) is 3.41. The average molecular weight is 630 g/mol. The molecule has 0 aromatic heterocycles. The maximum Gasteiger partial charge on any atom is 0.302 e. The number of carbonyl (C=O) groups is 2. The van der Waals surface area contributed by atoms with E-state index < -0.39 is 11.6 Å². The normalized spacial score (nSPS) is 42.8. The molecule has 45 heavy (non-hydrogen) atoms. The summed E-state index contributed by atoms with van der Waals surface area (Å²) in [5.74, 6) is 1.63. The van der Waals surface area contributed by atoms with Gasteiger partial charge in [0.1, 0.15) is 6.10 Å². The summed E-state index contributed by atoms with van der Waals surface area (Å²) in [7, 11) is 0. The van der Waals surface area contributed by atoms with Gasteiger partial charge in [0.05, 0.1) is 0 Å². The fourth-order valence-electron chi connectivity index (χ4n) is 12.1. The number of rotatable bonds is 5. The standard InChI is InChI=1S/C37H59NO7/c1-25(11-16-33(40)38-21-9-6-10-22-38)29-14-15-30-28-13-12-27-24-37(44-42-36(43-45-37)17-7-5-8-18-36)20-19-34(27,3)31(28)23-32(35(29,30)4)41-26(2)39/h25,27-32H,5-24H2,1-4H3/t25-,27-,28+,29-,30+,31+,32+,34+,35-/m1/s1. The van der Waals surface area contributed by atoms with Crippen molar-refractivity contribution in [3.63, 3.8) is 0 Å². The second kappa shape index (κ2) is 12.3. The second-order valence-corrected chi connectivity index (χ2v) is 16.9. The summed E-state index contributed by atoms with van der Waals surface area (Å²) >= 11 is 0. The fourth-order valence-corrected chi connectivity index (χ4v) is 12.1. The van der Waals surface area contributed by atoms with Gasteiger partial charge in [0.15, 0.2) is 0 Å². The van der Waals surface area contributed by atoms with Crippen LogP contribution >= 0.6 is 0 Å². The van der Waals surface area contributed by atoms with Gasteiger partial charge in [-0.2, -0.15) is 19.6 Å². The molecule has 7 fully saturated rings. The Morgan fingerprint density at radius 2 is 1.51 bits per heavy atom. The van der Waals surface area contributed by atoms with Gasteiger partial charge in [-0.05, 0) is 118 Å². The summed E-state index contributed by atoms with van der Waals surface area (Å²) in [5.41, 5.74) is 0.0796. The summed E-state index contributed by atoms with van der Waals surface area (Å²) in [4.78, 5) is 52.2. The van der Waals surface area contributed by atoms with Crippen LogP contribution in [-0.2, 0) is 33.9 Å². The van der Waals surface area contributed by atoms with Crippen LogP contribution in [0.2, 0.25) is 0 Å². The molecular formula is C37H59NO7. The van der Waals surface area contributed by atoms with Crippen LogP contribution in [0, 0.1) is 46.3 Å². The molecule has 8 heteroatoms. The van der Waals surface area contributed by atoms with Crippen molar-refractivity contribution in [3.8, 4) is 0 Å². The van der Waals surface area contributed by atoms with Gasteiger partial charge in [-0.15, -0.1) is 0 Å². The predicted molar refractivity (Wildman–Crippen MR) is 168 cm³/mol. The number of amides is 1. The van der Waals surface area contributed by atoms with Crippen molar-refractivity contribution >= 4 is 11.9 Å². The molecule has 5 saturated carbocycles. The smallest absolute Gasteiger partial charge is 0.302 e. The topological polar surface area (TPSA) is 83.5 Å². The van der Waals surface area contributed by atoms with E-state index in [0.29, 0.717) is 47.8 Å². The molecule has 0 bridgehead atoms. The highest BCUT2D eigenvalue weighted by atomic mass is 17.4. The Balaban J connectivity index is 1.05. The number of hydrogen-bond acceptors (Lipinski definition) is 7. The molecule has 5 aliphatic carbocycles. The van der Waals surface area contributed by atoms with Crippen LogP contribution in [0.1, 0.15) is 143 Å². The molecule has 0 aromatic rings. The molecule has 2 spiro atoms. The van der Waals surface area contributed by atoms with Crippen LogP contribution in [0.4, 0.5) is 0 Å². The van der Waals surface area contributed by atoms with Crippen LogP contribution in [0.15, 0.2) is 0 Å². The number of likely N-dealkylation sites (tertiary alicyclic amines) is 1. The summed E-state index contributed by atoms with van der Waals surface area (Å²) in [6.07, 6.45) is 18.2. The third-order valence-electron chi connectivity index (χ3n) is 14.6. The Labute approximate surface area is 270 Å². The van der Waals surface area contributed by atoms with Gasteiger partial charge in [-0.1, -0.05) is 27.2 Å². The van der Waals surface area contributed by atoms with E-state index in [4.69, 9.17) is 24.3 Å². The van der Waals surface area contributed by atoms with E-state index in [9.17, 15) is 9.59 Å². The highest BCUT2D eigenvalue weighted by molar-refractivity contribution is 5.76. The summed E-state index contributed by atoms with van der Waals surface area (Å²) < 4.78 is 6.35. The first kappa shape index (κ1) is 32.3. The molecule has 0 N–H and O–H groups in total. The molecule has 0 radical (unpaired) electrons. The maximum atomic E-state index is 13.1. The first-order valence-corrected chi connectivity index (χ1v) is 18.8. The van der Waals surface area contributed by atoms with Crippen molar-refractivity contribution in [2.45, 2.75) is 161 Å². The van der Waals surface area contributed by atoms with Crippen molar-refractivity contribution in [2.24, 2.45) is 46.3 Å². The molecule has 2 heterocycles. The molecule has 0 unspecified atom stereocenters.